The largest absolute Gasteiger partial charge is 0.508 e. The normalized spacial score (nSPS) is 15.2. The molecular weight excluding hydrogens is 592 g/mol. The number of phenols is 1. The number of nitrogens with one attached hydrogen (secondary N) is 2. The number of carboxylic acid groups (broad SMARTS) is 1. The van der Waals surface area contributed by atoms with Crippen LogP contribution in [0.4, 0.5) is 11.4 Å². The Morgan fingerprint density at radius 3 is 1.76 bits per heavy atom. The predicted octanol–water partition coefficient (Wildman–Crippen LogP) is 6.39. The summed E-state index contributed by atoms with van der Waals surface area (Å²) >= 11 is 0. The smallest absolute Gasteiger partial charge is 0.311 e. The first-order chi connectivity index (χ1) is 21.4. The number of amides is 2. The number of ether oxygens (including phenoxy) is 3. The molecule has 11 nitrogen and oxygen atoms in total. The van der Waals surface area contributed by atoms with E-state index in [1.807, 2.05) is 6.92 Å². The molecule has 0 bridgehead atoms. The van der Waals surface area contributed by atoms with Crippen LogP contribution in [0.25, 0.3) is 0 Å². The van der Waals surface area contributed by atoms with Crippen LogP contribution in [-0.4, -0.2) is 54.3 Å². The van der Waals surface area contributed by atoms with Crippen molar-refractivity contribution < 1.29 is 43.6 Å². The minimum atomic E-state index is -1.41. The molecule has 2 rings (SSSR count). The van der Waals surface area contributed by atoms with Gasteiger partial charge >= 0.3 is 11.9 Å². The van der Waals surface area contributed by atoms with Crippen LogP contribution >= 0.6 is 0 Å². The Morgan fingerprint density at radius 1 is 0.783 bits per heavy atom. The Bertz CT molecular complexity index is 1370. The lowest BCUT2D eigenvalue weighted by molar-refractivity contribution is -0.161. The molecule has 252 valence electrons. The van der Waals surface area contributed by atoms with Gasteiger partial charge in [0, 0.05) is 22.2 Å². The van der Waals surface area contributed by atoms with Crippen LogP contribution < -0.4 is 15.4 Å². The molecule has 2 amide bonds. The maximum Gasteiger partial charge on any atom is 0.311 e. The Hall–Kier alpha value is -4.54. The van der Waals surface area contributed by atoms with Crippen molar-refractivity contribution >= 4 is 35.1 Å². The zero-order chi connectivity index (χ0) is 34.8. The monoisotopic (exact) mass is 640 g/mol. The lowest BCUT2D eigenvalue weighted by Crippen LogP contribution is -2.48. The van der Waals surface area contributed by atoms with Crippen molar-refractivity contribution in [2.75, 3.05) is 31.0 Å². The van der Waals surface area contributed by atoms with Crippen molar-refractivity contribution in [3.63, 3.8) is 0 Å². The molecule has 4 N–H and O–H groups in total. The second-order valence-corrected chi connectivity index (χ2v) is 13.1. The van der Waals surface area contributed by atoms with Crippen LogP contribution in [-0.2, 0) is 28.7 Å². The second-order valence-electron chi connectivity index (χ2n) is 13.1. The standard InChI is InChI=1S/C35H48N2O9/c1-9-33(5,28(39)36-24-11-15-26(38)16-12-24)22-34(6,23-35(7,31(43)44-8)21-32(3,4)30(41)42)29(40)37-25-13-17-27(18-14-25)46-20-19-45-10-2/h10-18,38H,2,9,19-23H2,1,3-8H3,(H,36,39)(H,37,40)(H,41,42). The first-order valence-corrected chi connectivity index (χ1v) is 15.1. The molecule has 2 aromatic carbocycles. The number of anilines is 2. The molecule has 3 unspecified atom stereocenters. The van der Waals surface area contributed by atoms with E-state index in [1.165, 1.54) is 39.4 Å². The van der Waals surface area contributed by atoms with Gasteiger partial charge in [-0.05, 0) is 95.0 Å². The highest BCUT2D eigenvalue weighted by Crippen LogP contribution is 2.49. The molecule has 11 heteroatoms. The molecule has 46 heavy (non-hydrogen) atoms. The number of carboxylic acids is 1. The van der Waals surface area contributed by atoms with E-state index in [9.17, 15) is 29.4 Å². The maximum atomic E-state index is 14.3. The van der Waals surface area contributed by atoms with Crippen molar-refractivity contribution in [2.24, 2.45) is 21.7 Å². The number of phenolic OH excluding ortho intramolecular Hbond substituents is 1. The number of carbonyl (C=O) groups is 4. The fourth-order valence-electron chi connectivity index (χ4n) is 5.85. The Morgan fingerprint density at radius 2 is 1.28 bits per heavy atom. The SMILES string of the molecule is C=COCCOc1ccc(NC(=O)C(C)(CC(C)(CC)C(=O)Nc2ccc(O)cc2)CC(C)(CC(C)(C)C(=O)O)C(=O)OC)cc1. The summed E-state index contributed by atoms with van der Waals surface area (Å²) in [5, 5.41) is 25.3. The number of esters is 1. The Balaban J connectivity index is 2.50. The Labute approximate surface area is 271 Å². The van der Waals surface area contributed by atoms with E-state index in [2.05, 4.69) is 17.2 Å². The van der Waals surface area contributed by atoms with Gasteiger partial charge in [0.05, 0.1) is 24.2 Å². The van der Waals surface area contributed by atoms with Crippen LogP contribution in [0, 0.1) is 21.7 Å². The van der Waals surface area contributed by atoms with Gasteiger partial charge in [-0.2, -0.15) is 0 Å². The molecule has 0 aliphatic heterocycles. The summed E-state index contributed by atoms with van der Waals surface area (Å²) in [4.78, 5) is 53.4. The third-order valence-corrected chi connectivity index (χ3v) is 8.35. The molecule has 0 radical (unpaired) electrons. The number of aliphatic carboxylic acids is 1. The summed E-state index contributed by atoms with van der Waals surface area (Å²) in [6.45, 7) is 14.0. The number of rotatable bonds is 18. The molecule has 0 heterocycles. The average Bonchev–Trinajstić information content (AvgIpc) is 3.00. The van der Waals surface area contributed by atoms with E-state index in [0.29, 0.717) is 36.8 Å². The van der Waals surface area contributed by atoms with Gasteiger partial charge in [-0.25, -0.2) is 0 Å². The van der Waals surface area contributed by atoms with Gasteiger partial charge in [0.15, 0.2) is 0 Å². The van der Waals surface area contributed by atoms with Crippen molar-refractivity contribution in [3.8, 4) is 11.5 Å². The van der Waals surface area contributed by atoms with Crippen LogP contribution in [0.15, 0.2) is 61.4 Å². The summed E-state index contributed by atoms with van der Waals surface area (Å²) in [6, 6.07) is 12.8. The minimum Gasteiger partial charge on any atom is -0.508 e. The van der Waals surface area contributed by atoms with Crippen molar-refractivity contribution in [3.05, 3.63) is 61.4 Å². The molecule has 0 fully saturated rings. The zero-order valence-corrected chi connectivity index (χ0v) is 27.9. The van der Waals surface area contributed by atoms with Crippen LogP contribution in [0.5, 0.6) is 11.5 Å². The van der Waals surface area contributed by atoms with Gasteiger partial charge in [-0.15, -0.1) is 0 Å². The second kappa shape index (κ2) is 15.6. The van der Waals surface area contributed by atoms with E-state index >= 15 is 0 Å². The molecular formula is C35H48N2O9. The van der Waals surface area contributed by atoms with Crippen molar-refractivity contribution in [1.29, 1.82) is 0 Å². The zero-order valence-electron chi connectivity index (χ0n) is 27.9. The van der Waals surface area contributed by atoms with Crippen molar-refractivity contribution in [1.82, 2.24) is 0 Å². The number of methoxy groups -OCH3 is 1. The predicted molar refractivity (Wildman–Crippen MR) is 175 cm³/mol. The van der Waals surface area contributed by atoms with E-state index < -0.39 is 39.5 Å². The quantitative estimate of drug-likeness (QED) is 0.0626. The van der Waals surface area contributed by atoms with Gasteiger partial charge in [0.25, 0.3) is 0 Å². The molecule has 0 aliphatic carbocycles. The number of benzene rings is 2. The highest BCUT2D eigenvalue weighted by molar-refractivity contribution is 5.98. The van der Waals surface area contributed by atoms with Crippen LogP contribution in [0.1, 0.15) is 67.2 Å². The number of hydrogen-bond donors (Lipinski definition) is 4. The van der Waals surface area contributed by atoms with E-state index in [1.54, 1.807) is 57.2 Å². The summed E-state index contributed by atoms with van der Waals surface area (Å²) in [5.41, 5.74) is -4.27. The molecule has 0 spiro atoms. The Kier molecular flexibility index (Phi) is 12.8. The molecule has 3 atom stereocenters. The maximum absolute atomic E-state index is 14.3. The lowest BCUT2D eigenvalue weighted by Gasteiger charge is -2.43. The average molecular weight is 641 g/mol. The fraction of sp³-hybridized carbons (Fsp3) is 0.486. The van der Waals surface area contributed by atoms with Gasteiger partial charge in [0.2, 0.25) is 11.8 Å². The van der Waals surface area contributed by atoms with Crippen molar-refractivity contribution in [2.45, 2.75) is 67.2 Å². The molecule has 2 aromatic rings. The number of aromatic hydroxyl groups is 1. The summed E-state index contributed by atoms with van der Waals surface area (Å²) < 4.78 is 15.8. The highest BCUT2D eigenvalue weighted by Gasteiger charge is 2.52. The van der Waals surface area contributed by atoms with Gasteiger partial charge in [0.1, 0.15) is 24.7 Å². The third-order valence-electron chi connectivity index (χ3n) is 8.35. The third kappa shape index (κ3) is 9.98. The number of carbonyl (C=O) groups excluding carboxylic acids is 3. The summed E-state index contributed by atoms with van der Waals surface area (Å²) in [5.74, 6) is -1.96. The molecule has 0 aliphatic rings. The highest BCUT2D eigenvalue weighted by atomic mass is 16.5. The lowest BCUT2D eigenvalue weighted by atomic mass is 9.61. The minimum absolute atomic E-state index is 0.0107. The van der Waals surface area contributed by atoms with Crippen LogP contribution in [0.2, 0.25) is 0 Å². The van der Waals surface area contributed by atoms with Gasteiger partial charge < -0.3 is 35.1 Å². The van der Waals surface area contributed by atoms with E-state index in [0.717, 1.165) is 0 Å². The van der Waals surface area contributed by atoms with E-state index in [-0.39, 0.29) is 30.9 Å². The van der Waals surface area contributed by atoms with E-state index in [4.69, 9.17) is 14.2 Å². The molecule has 0 saturated carbocycles. The number of hydrogen-bond acceptors (Lipinski definition) is 8. The van der Waals surface area contributed by atoms with Gasteiger partial charge in [-0.3, -0.25) is 19.2 Å². The van der Waals surface area contributed by atoms with Crippen LogP contribution in [0.3, 0.4) is 0 Å². The fourth-order valence-corrected chi connectivity index (χ4v) is 5.85. The molecule has 0 saturated heterocycles. The first-order valence-electron chi connectivity index (χ1n) is 15.1. The summed E-state index contributed by atoms with van der Waals surface area (Å²) in [7, 11) is 1.22. The summed E-state index contributed by atoms with van der Waals surface area (Å²) in [6.07, 6.45) is 1.46. The first kappa shape index (κ1) is 37.6. The topological polar surface area (TPSA) is 160 Å². The molecule has 0 aromatic heterocycles. The van der Waals surface area contributed by atoms with Gasteiger partial charge in [-0.1, -0.05) is 27.4 Å².